The Morgan fingerprint density at radius 3 is 2.49 bits per heavy atom. The molecule has 3 heterocycles. The van der Waals surface area contributed by atoms with Crippen LogP contribution in [0.5, 0.6) is 5.88 Å². The summed E-state index contributed by atoms with van der Waals surface area (Å²) in [4.78, 5) is 34.2. The first-order valence-corrected chi connectivity index (χ1v) is 15.6. The Balaban J connectivity index is 1.63. The van der Waals surface area contributed by atoms with Crippen LogP contribution in [0.25, 0.3) is 0 Å². The number of hydrogen-bond acceptors (Lipinski definition) is 6. The first kappa shape index (κ1) is 32.6. The van der Waals surface area contributed by atoms with Crippen LogP contribution in [0, 0.1) is 26.7 Å². The van der Waals surface area contributed by atoms with Gasteiger partial charge in [0.2, 0.25) is 5.88 Å². The van der Waals surface area contributed by atoms with Gasteiger partial charge in [0.15, 0.2) is 5.78 Å². The second kappa shape index (κ2) is 14.3. The number of rotatable bonds is 11. The number of carbonyl (C=O) groups is 2. The molecule has 7 heteroatoms. The number of methoxy groups -OCH3 is 1. The molecule has 41 heavy (non-hydrogen) atoms. The monoisotopic (exact) mass is 580 g/mol. The molecular formula is C34H48N2O4S. The van der Waals surface area contributed by atoms with Crippen molar-refractivity contribution in [2.45, 2.75) is 98.5 Å². The number of thiophene rings is 1. The van der Waals surface area contributed by atoms with Gasteiger partial charge in [-0.05, 0) is 115 Å². The quantitative estimate of drug-likeness (QED) is 0.116. The minimum Gasteiger partial charge on any atom is -0.481 e. The van der Waals surface area contributed by atoms with Gasteiger partial charge in [0.25, 0.3) is 0 Å². The number of unbranched alkanes of at least 4 members (excludes halogenated alkanes) is 1. The fourth-order valence-electron chi connectivity index (χ4n) is 5.70. The predicted molar refractivity (Wildman–Crippen MR) is 169 cm³/mol. The van der Waals surface area contributed by atoms with Crippen molar-refractivity contribution in [1.82, 2.24) is 9.88 Å². The van der Waals surface area contributed by atoms with Gasteiger partial charge in [0.05, 0.1) is 7.11 Å². The lowest BCUT2D eigenvalue weighted by molar-refractivity contribution is 0.0176. The van der Waals surface area contributed by atoms with Gasteiger partial charge < -0.3 is 14.4 Å². The maximum atomic E-state index is 12.9. The van der Waals surface area contributed by atoms with E-state index in [4.69, 9.17) is 9.47 Å². The predicted octanol–water partition coefficient (Wildman–Crippen LogP) is 8.32. The summed E-state index contributed by atoms with van der Waals surface area (Å²) in [5, 5.41) is 0. The molecule has 0 aromatic carbocycles. The van der Waals surface area contributed by atoms with Crippen LogP contribution in [0.2, 0.25) is 0 Å². The van der Waals surface area contributed by atoms with E-state index in [1.54, 1.807) is 18.4 Å². The van der Waals surface area contributed by atoms with Crippen molar-refractivity contribution < 1.29 is 19.1 Å². The number of aryl methyl sites for hydroxylation is 3. The van der Waals surface area contributed by atoms with Gasteiger partial charge in [-0.1, -0.05) is 25.7 Å². The van der Waals surface area contributed by atoms with Gasteiger partial charge >= 0.3 is 6.09 Å². The lowest BCUT2D eigenvalue weighted by Gasteiger charge is -2.35. The topological polar surface area (TPSA) is 68.7 Å². The Morgan fingerprint density at radius 2 is 1.88 bits per heavy atom. The highest BCUT2D eigenvalue weighted by Gasteiger charge is 2.32. The normalized spacial score (nSPS) is 15.3. The largest absolute Gasteiger partial charge is 0.481 e. The molecule has 0 spiro atoms. The minimum atomic E-state index is -0.485. The van der Waals surface area contributed by atoms with Gasteiger partial charge in [-0.2, -0.15) is 0 Å². The molecule has 6 nitrogen and oxygen atoms in total. The highest BCUT2D eigenvalue weighted by Crippen LogP contribution is 2.41. The average Bonchev–Trinajstić information content (AvgIpc) is 3.25. The maximum Gasteiger partial charge on any atom is 0.410 e. The number of ketones is 1. The summed E-state index contributed by atoms with van der Waals surface area (Å²) in [5.74, 6) is 1.50. The third kappa shape index (κ3) is 8.54. The summed E-state index contributed by atoms with van der Waals surface area (Å²) in [6, 6.07) is 2.09. The molecule has 1 aliphatic rings. The van der Waals surface area contributed by atoms with E-state index in [-0.39, 0.29) is 11.9 Å². The number of nitrogens with zero attached hydrogens (tertiary/aromatic N) is 2. The summed E-state index contributed by atoms with van der Waals surface area (Å²) < 4.78 is 11.1. The molecule has 1 amide bonds. The summed E-state index contributed by atoms with van der Waals surface area (Å²) in [6.07, 6.45) is 11.1. The molecule has 0 saturated carbocycles. The Morgan fingerprint density at radius 1 is 1.20 bits per heavy atom. The van der Waals surface area contributed by atoms with Gasteiger partial charge in [-0.25, -0.2) is 9.78 Å². The number of piperidine rings is 1. The molecular weight excluding hydrogens is 532 g/mol. The van der Waals surface area contributed by atoms with E-state index in [1.165, 1.54) is 16.5 Å². The van der Waals surface area contributed by atoms with Crippen LogP contribution in [0.4, 0.5) is 4.79 Å². The second-order valence-corrected chi connectivity index (χ2v) is 13.3. The smallest absolute Gasteiger partial charge is 0.410 e. The van der Waals surface area contributed by atoms with Crippen LogP contribution in [-0.4, -0.2) is 47.6 Å². The number of likely N-dealkylation sites (tertiary alicyclic amines) is 1. The summed E-state index contributed by atoms with van der Waals surface area (Å²) >= 11 is 1.79. The van der Waals surface area contributed by atoms with Crippen LogP contribution in [0.3, 0.4) is 0 Å². The van der Waals surface area contributed by atoms with E-state index in [9.17, 15) is 9.59 Å². The van der Waals surface area contributed by atoms with E-state index in [0.29, 0.717) is 30.8 Å². The Kier molecular flexibility index (Phi) is 11.4. The van der Waals surface area contributed by atoms with E-state index in [1.807, 2.05) is 32.6 Å². The third-order valence-electron chi connectivity index (χ3n) is 7.89. The van der Waals surface area contributed by atoms with Crippen molar-refractivity contribution in [3.8, 4) is 5.88 Å². The zero-order valence-electron chi connectivity index (χ0n) is 26.3. The minimum absolute atomic E-state index is 0.0110. The molecule has 1 aliphatic heterocycles. The fraction of sp³-hybridized carbons (Fsp3) is 0.559. The zero-order valence-corrected chi connectivity index (χ0v) is 27.1. The number of ether oxygens (including phenoxy) is 2. The number of pyridine rings is 1. The molecule has 2 aromatic rings. The first-order chi connectivity index (χ1) is 19.4. The number of allylic oxidation sites excluding steroid dienone is 3. The Hall–Kier alpha value is -2.93. The molecule has 1 saturated heterocycles. The number of hydrogen-bond donors (Lipinski definition) is 0. The molecule has 0 radical (unpaired) electrons. The van der Waals surface area contributed by atoms with Crippen molar-refractivity contribution in [2.75, 3.05) is 20.2 Å². The highest BCUT2D eigenvalue weighted by atomic mass is 32.1. The third-order valence-corrected chi connectivity index (χ3v) is 9.45. The molecule has 0 unspecified atom stereocenters. The van der Waals surface area contributed by atoms with Gasteiger partial charge in [0, 0.05) is 39.7 Å². The standard InChI is InChI=1S/C34H48N2O4S/c1-10-28(37)30-25(5)31(24(4)26-17-19-36(20-18-26)33(38)40-34(6,7)8)41-29(30)16-14-12-11-13-15-27-22(2)21-23(3)35-32(27)39-9/h10-11,13,21,24,26H,1,12,14-20H2,2-9H3/b13-11-/t24-/m1/s1. The Labute approximate surface area is 250 Å². The van der Waals surface area contributed by atoms with E-state index in [0.717, 1.165) is 65.8 Å². The van der Waals surface area contributed by atoms with E-state index < -0.39 is 5.60 Å². The average molecular weight is 581 g/mol. The van der Waals surface area contributed by atoms with Crippen molar-refractivity contribution >= 4 is 23.2 Å². The molecule has 3 rings (SSSR count). The molecule has 2 aromatic heterocycles. The lowest BCUT2D eigenvalue weighted by atomic mass is 9.83. The molecule has 0 N–H and O–H groups in total. The molecule has 0 aliphatic carbocycles. The van der Waals surface area contributed by atoms with Crippen LogP contribution in [-0.2, 0) is 17.6 Å². The second-order valence-electron chi connectivity index (χ2n) is 12.2. The fourth-order valence-corrected chi connectivity index (χ4v) is 7.20. The van der Waals surface area contributed by atoms with Crippen LogP contribution < -0.4 is 4.74 Å². The Bertz CT molecular complexity index is 1260. The molecule has 0 bridgehead atoms. The van der Waals surface area contributed by atoms with E-state index >= 15 is 0 Å². The number of carbonyl (C=O) groups excluding carboxylic acids is 2. The van der Waals surface area contributed by atoms with Crippen molar-refractivity contribution in [2.24, 2.45) is 5.92 Å². The van der Waals surface area contributed by atoms with Crippen LogP contribution >= 0.6 is 11.3 Å². The summed E-state index contributed by atoms with van der Waals surface area (Å²) in [5.41, 5.74) is 4.73. The highest BCUT2D eigenvalue weighted by molar-refractivity contribution is 7.12. The van der Waals surface area contributed by atoms with Crippen molar-refractivity contribution in [3.05, 3.63) is 68.6 Å². The van der Waals surface area contributed by atoms with Gasteiger partial charge in [-0.15, -0.1) is 11.3 Å². The van der Waals surface area contributed by atoms with Gasteiger partial charge in [0.1, 0.15) is 5.60 Å². The molecule has 1 atom stereocenters. The lowest BCUT2D eigenvalue weighted by Crippen LogP contribution is -2.42. The summed E-state index contributed by atoms with van der Waals surface area (Å²) in [7, 11) is 1.67. The summed E-state index contributed by atoms with van der Waals surface area (Å²) in [6.45, 7) is 19.3. The SMILES string of the molecule is C=CC(=O)c1c(CCC/C=C\Cc2c(C)cc(C)nc2OC)sc([C@H](C)C2CCN(C(=O)OC(C)(C)C)CC2)c1C. The maximum absolute atomic E-state index is 12.9. The van der Waals surface area contributed by atoms with Crippen LogP contribution in [0.1, 0.15) is 102 Å². The van der Waals surface area contributed by atoms with Crippen LogP contribution in [0.15, 0.2) is 30.9 Å². The molecule has 224 valence electrons. The van der Waals surface area contributed by atoms with E-state index in [2.05, 4.69) is 50.6 Å². The number of aromatic nitrogens is 1. The van der Waals surface area contributed by atoms with Crippen molar-refractivity contribution in [3.63, 3.8) is 0 Å². The number of amides is 1. The van der Waals surface area contributed by atoms with Crippen molar-refractivity contribution in [1.29, 1.82) is 0 Å². The van der Waals surface area contributed by atoms with Gasteiger partial charge in [-0.3, -0.25) is 4.79 Å². The first-order valence-electron chi connectivity index (χ1n) is 14.8. The molecule has 1 fully saturated rings. The zero-order chi connectivity index (χ0) is 30.3.